The van der Waals surface area contributed by atoms with Crippen LogP contribution in [0.3, 0.4) is 0 Å². The Labute approximate surface area is 95.7 Å². The third-order valence-corrected chi connectivity index (χ3v) is 2.69. The SMILES string of the molecule is Cc1ccccc1N=C(N)N1CCOCC1. The first-order valence-electron chi connectivity index (χ1n) is 5.50. The van der Waals surface area contributed by atoms with E-state index in [1.165, 1.54) is 0 Å². The maximum absolute atomic E-state index is 5.97. The van der Waals surface area contributed by atoms with Crippen LogP contribution < -0.4 is 5.73 Å². The second-order valence-corrected chi connectivity index (χ2v) is 3.86. The fourth-order valence-corrected chi connectivity index (χ4v) is 1.68. The molecule has 86 valence electrons. The van der Waals surface area contributed by atoms with E-state index in [1.807, 2.05) is 31.2 Å². The molecule has 2 N–H and O–H groups in total. The average molecular weight is 219 g/mol. The smallest absolute Gasteiger partial charge is 0.196 e. The van der Waals surface area contributed by atoms with Gasteiger partial charge in [-0.15, -0.1) is 0 Å². The number of hydrogen-bond donors (Lipinski definition) is 1. The Morgan fingerprint density at radius 2 is 2.00 bits per heavy atom. The summed E-state index contributed by atoms with van der Waals surface area (Å²) in [6, 6.07) is 7.98. The van der Waals surface area contributed by atoms with Gasteiger partial charge in [-0.3, -0.25) is 0 Å². The zero-order chi connectivity index (χ0) is 11.4. The van der Waals surface area contributed by atoms with Gasteiger partial charge in [-0.1, -0.05) is 18.2 Å². The highest BCUT2D eigenvalue weighted by Gasteiger charge is 2.12. The number of para-hydroxylation sites is 1. The summed E-state index contributed by atoms with van der Waals surface area (Å²) in [5.41, 5.74) is 8.04. The van der Waals surface area contributed by atoms with Gasteiger partial charge in [0.15, 0.2) is 5.96 Å². The Hall–Kier alpha value is -1.55. The van der Waals surface area contributed by atoms with Gasteiger partial charge in [0, 0.05) is 13.1 Å². The minimum Gasteiger partial charge on any atom is -0.378 e. The van der Waals surface area contributed by atoms with Crippen LogP contribution in [-0.4, -0.2) is 37.2 Å². The fourth-order valence-electron chi connectivity index (χ4n) is 1.68. The third-order valence-electron chi connectivity index (χ3n) is 2.69. The maximum Gasteiger partial charge on any atom is 0.196 e. The number of guanidine groups is 1. The van der Waals surface area contributed by atoms with E-state index in [0.29, 0.717) is 5.96 Å². The summed E-state index contributed by atoms with van der Waals surface area (Å²) in [6.45, 7) is 5.13. The van der Waals surface area contributed by atoms with Crippen molar-refractivity contribution in [1.29, 1.82) is 0 Å². The lowest BCUT2D eigenvalue weighted by Crippen LogP contribution is -2.44. The van der Waals surface area contributed by atoms with Gasteiger partial charge in [-0.2, -0.15) is 0 Å². The number of ether oxygens (including phenoxy) is 1. The highest BCUT2D eigenvalue weighted by Crippen LogP contribution is 2.17. The van der Waals surface area contributed by atoms with Crippen molar-refractivity contribution in [2.45, 2.75) is 6.92 Å². The first kappa shape index (κ1) is 11.0. The van der Waals surface area contributed by atoms with Gasteiger partial charge in [-0.05, 0) is 18.6 Å². The van der Waals surface area contributed by atoms with Gasteiger partial charge < -0.3 is 15.4 Å². The lowest BCUT2D eigenvalue weighted by Gasteiger charge is -2.27. The molecule has 1 aliphatic heterocycles. The number of benzene rings is 1. The lowest BCUT2D eigenvalue weighted by atomic mass is 10.2. The molecule has 0 aliphatic carbocycles. The molecule has 0 amide bonds. The van der Waals surface area contributed by atoms with E-state index in [-0.39, 0.29) is 0 Å². The molecular weight excluding hydrogens is 202 g/mol. The molecule has 0 aromatic heterocycles. The Morgan fingerprint density at radius 1 is 1.31 bits per heavy atom. The highest BCUT2D eigenvalue weighted by atomic mass is 16.5. The van der Waals surface area contributed by atoms with Crippen LogP contribution in [0, 0.1) is 6.92 Å². The van der Waals surface area contributed by atoms with Crippen LogP contribution in [0.4, 0.5) is 5.69 Å². The van der Waals surface area contributed by atoms with Crippen LogP contribution in [0.2, 0.25) is 0 Å². The molecule has 1 fully saturated rings. The zero-order valence-electron chi connectivity index (χ0n) is 9.52. The summed E-state index contributed by atoms with van der Waals surface area (Å²) in [4.78, 5) is 6.50. The Bertz CT molecular complexity index is 384. The number of nitrogens with two attached hydrogens (primary N) is 1. The predicted octanol–water partition coefficient (Wildman–Crippen LogP) is 1.27. The van der Waals surface area contributed by atoms with Crippen molar-refractivity contribution in [2.75, 3.05) is 26.3 Å². The van der Waals surface area contributed by atoms with Crippen LogP contribution in [-0.2, 0) is 4.74 Å². The summed E-state index contributed by atoms with van der Waals surface area (Å²) in [7, 11) is 0. The molecule has 1 aromatic rings. The molecule has 2 rings (SSSR count). The molecule has 0 saturated carbocycles. The summed E-state index contributed by atoms with van der Waals surface area (Å²) < 4.78 is 5.27. The first-order chi connectivity index (χ1) is 7.77. The van der Waals surface area contributed by atoms with E-state index in [0.717, 1.165) is 37.6 Å². The van der Waals surface area contributed by atoms with Crippen LogP contribution >= 0.6 is 0 Å². The molecule has 0 bridgehead atoms. The van der Waals surface area contributed by atoms with Gasteiger partial charge in [0.1, 0.15) is 0 Å². The Morgan fingerprint density at radius 3 is 2.69 bits per heavy atom. The number of aryl methyl sites for hydroxylation is 1. The molecule has 0 unspecified atom stereocenters. The molecule has 1 aromatic carbocycles. The van der Waals surface area contributed by atoms with Crippen LogP contribution in [0.25, 0.3) is 0 Å². The van der Waals surface area contributed by atoms with Crippen LogP contribution in [0.1, 0.15) is 5.56 Å². The second kappa shape index (κ2) is 4.99. The summed E-state index contributed by atoms with van der Waals surface area (Å²) in [5.74, 6) is 0.581. The van der Waals surface area contributed by atoms with E-state index in [2.05, 4.69) is 9.89 Å². The highest BCUT2D eigenvalue weighted by molar-refractivity contribution is 5.81. The van der Waals surface area contributed by atoms with Crippen molar-refractivity contribution in [3.8, 4) is 0 Å². The molecule has 0 radical (unpaired) electrons. The molecule has 0 atom stereocenters. The summed E-state index contributed by atoms with van der Waals surface area (Å²) >= 11 is 0. The van der Waals surface area contributed by atoms with E-state index in [9.17, 15) is 0 Å². The van der Waals surface area contributed by atoms with Crippen molar-refractivity contribution in [1.82, 2.24) is 4.90 Å². The molecule has 1 heterocycles. The van der Waals surface area contributed by atoms with Crippen molar-refractivity contribution in [2.24, 2.45) is 10.7 Å². The number of aliphatic imine (C=N–C) groups is 1. The number of nitrogens with zero attached hydrogens (tertiary/aromatic N) is 2. The topological polar surface area (TPSA) is 50.8 Å². The molecule has 1 aliphatic rings. The predicted molar refractivity (Wildman–Crippen MR) is 64.9 cm³/mol. The summed E-state index contributed by atoms with van der Waals surface area (Å²) in [6.07, 6.45) is 0. The Balaban J connectivity index is 2.13. The minimum absolute atomic E-state index is 0.581. The Kier molecular flexibility index (Phi) is 3.41. The van der Waals surface area contributed by atoms with Crippen molar-refractivity contribution in [3.05, 3.63) is 29.8 Å². The van der Waals surface area contributed by atoms with Crippen LogP contribution in [0.5, 0.6) is 0 Å². The molecule has 4 heteroatoms. The van der Waals surface area contributed by atoms with Gasteiger partial charge in [-0.25, -0.2) is 4.99 Å². The third kappa shape index (κ3) is 2.52. The number of hydrogen-bond acceptors (Lipinski definition) is 2. The first-order valence-corrected chi connectivity index (χ1v) is 5.50. The normalized spacial score (nSPS) is 17.6. The number of rotatable bonds is 1. The van der Waals surface area contributed by atoms with Crippen LogP contribution in [0.15, 0.2) is 29.3 Å². The van der Waals surface area contributed by atoms with Gasteiger partial charge in [0.25, 0.3) is 0 Å². The van der Waals surface area contributed by atoms with Gasteiger partial charge in [0.2, 0.25) is 0 Å². The molecular formula is C12H17N3O. The fraction of sp³-hybridized carbons (Fsp3) is 0.417. The second-order valence-electron chi connectivity index (χ2n) is 3.86. The molecule has 16 heavy (non-hydrogen) atoms. The average Bonchev–Trinajstić information content (AvgIpc) is 2.33. The minimum atomic E-state index is 0.581. The largest absolute Gasteiger partial charge is 0.378 e. The molecule has 4 nitrogen and oxygen atoms in total. The van der Waals surface area contributed by atoms with Crippen molar-refractivity contribution < 1.29 is 4.74 Å². The maximum atomic E-state index is 5.97. The number of morpholine rings is 1. The lowest BCUT2D eigenvalue weighted by molar-refractivity contribution is 0.0675. The van der Waals surface area contributed by atoms with E-state index < -0.39 is 0 Å². The van der Waals surface area contributed by atoms with E-state index in [4.69, 9.17) is 10.5 Å². The van der Waals surface area contributed by atoms with Gasteiger partial charge >= 0.3 is 0 Å². The zero-order valence-corrected chi connectivity index (χ0v) is 9.52. The quantitative estimate of drug-likeness (QED) is 0.571. The van der Waals surface area contributed by atoms with Crippen molar-refractivity contribution in [3.63, 3.8) is 0 Å². The van der Waals surface area contributed by atoms with Crippen molar-refractivity contribution >= 4 is 11.6 Å². The molecule has 0 spiro atoms. The summed E-state index contributed by atoms with van der Waals surface area (Å²) in [5, 5.41) is 0. The molecule has 1 saturated heterocycles. The van der Waals surface area contributed by atoms with Gasteiger partial charge in [0.05, 0.1) is 18.9 Å². The van der Waals surface area contributed by atoms with E-state index in [1.54, 1.807) is 0 Å². The standard InChI is InChI=1S/C12H17N3O/c1-10-4-2-3-5-11(10)14-12(13)15-6-8-16-9-7-15/h2-5H,6-9H2,1H3,(H2,13,14). The monoisotopic (exact) mass is 219 g/mol. The van der Waals surface area contributed by atoms with E-state index >= 15 is 0 Å².